The predicted octanol–water partition coefficient (Wildman–Crippen LogP) is 1.23. The standard InChI is InChI=1S/C12H20N2O3S2/c1-9-6-12(18-11(9)8-13-2)19(15,16)14-7-10-4-3-5-17-10/h6,10,13-14H,3-5,7-8H2,1-2H3. The van der Waals surface area contributed by atoms with Crippen LogP contribution in [0.1, 0.15) is 23.3 Å². The minimum atomic E-state index is -3.41. The van der Waals surface area contributed by atoms with Gasteiger partial charge in [-0.05, 0) is 38.4 Å². The molecule has 0 saturated carbocycles. The van der Waals surface area contributed by atoms with Gasteiger partial charge in [-0.3, -0.25) is 0 Å². The molecule has 1 aliphatic heterocycles. The van der Waals surface area contributed by atoms with Gasteiger partial charge in [0, 0.05) is 24.6 Å². The Morgan fingerprint density at radius 2 is 2.32 bits per heavy atom. The minimum absolute atomic E-state index is 0.0209. The van der Waals surface area contributed by atoms with E-state index in [-0.39, 0.29) is 6.10 Å². The van der Waals surface area contributed by atoms with Crippen molar-refractivity contribution in [1.82, 2.24) is 10.0 Å². The largest absolute Gasteiger partial charge is 0.377 e. The van der Waals surface area contributed by atoms with Crippen molar-refractivity contribution in [2.75, 3.05) is 20.2 Å². The Morgan fingerprint density at radius 3 is 2.95 bits per heavy atom. The van der Waals surface area contributed by atoms with Crippen molar-refractivity contribution in [3.05, 3.63) is 16.5 Å². The van der Waals surface area contributed by atoms with Crippen LogP contribution in [0.4, 0.5) is 0 Å². The second-order valence-corrected chi connectivity index (χ2v) is 7.82. The third-order valence-corrected chi connectivity index (χ3v) is 6.26. The summed E-state index contributed by atoms with van der Waals surface area (Å²) in [5.74, 6) is 0. The van der Waals surface area contributed by atoms with Crippen LogP contribution >= 0.6 is 11.3 Å². The molecule has 0 amide bonds. The van der Waals surface area contributed by atoms with Crippen molar-refractivity contribution < 1.29 is 13.2 Å². The molecule has 108 valence electrons. The van der Waals surface area contributed by atoms with E-state index in [0.29, 0.717) is 17.3 Å². The number of sulfonamides is 1. The molecular formula is C12H20N2O3S2. The first-order valence-corrected chi connectivity index (χ1v) is 8.68. The molecule has 0 bridgehead atoms. The fourth-order valence-electron chi connectivity index (χ4n) is 2.04. The van der Waals surface area contributed by atoms with Crippen LogP contribution < -0.4 is 10.0 Å². The molecule has 1 atom stereocenters. The van der Waals surface area contributed by atoms with Gasteiger partial charge in [-0.25, -0.2) is 13.1 Å². The molecule has 2 N–H and O–H groups in total. The van der Waals surface area contributed by atoms with Crippen LogP contribution in [0.2, 0.25) is 0 Å². The Labute approximate surface area is 118 Å². The fraction of sp³-hybridized carbons (Fsp3) is 0.667. The van der Waals surface area contributed by atoms with Gasteiger partial charge in [0.2, 0.25) is 10.0 Å². The van der Waals surface area contributed by atoms with Crippen LogP contribution in [0.5, 0.6) is 0 Å². The first-order valence-electron chi connectivity index (χ1n) is 6.38. The summed E-state index contributed by atoms with van der Waals surface area (Å²) in [7, 11) is -1.56. The summed E-state index contributed by atoms with van der Waals surface area (Å²) in [4.78, 5) is 1.06. The normalized spacial score (nSPS) is 20.0. The monoisotopic (exact) mass is 304 g/mol. The van der Waals surface area contributed by atoms with E-state index in [1.807, 2.05) is 14.0 Å². The zero-order valence-corrected chi connectivity index (χ0v) is 12.9. The van der Waals surface area contributed by atoms with E-state index in [4.69, 9.17) is 4.74 Å². The second kappa shape index (κ2) is 6.32. The molecule has 0 spiro atoms. The Kier molecular flexibility index (Phi) is 4.97. The number of rotatable bonds is 6. The van der Waals surface area contributed by atoms with E-state index in [1.54, 1.807) is 6.07 Å². The van der Waals surface area contributed by atoms with E-state index in [2.05, 4.69) is 10.0 Å². The maximum atomic E-state index is 12.2. The lowest BCUT2D eigenvalue weighted by Crippen LogP contribution is -2.31. The molecular weight excluding hydrogens is 284 g/mol. The first kappa shape index (κ1) is 14.9. The molecule has 1 aromatic rings. The van der Waals surface area contributed by atoms with Gasteiger partial charge >= 0.3 is 0 Å². The van der Waals surface area contributed by atoms with Crippen LogP contribution in [0.3, 0.4) is 0 Å². The molecule has 1 unspecified atom stereocenters. The average molecular weight is 304 g/mol. The van der Waals surface area contributed by atoms with Crippen molar-refractivity contribution >= 4 is 21.4 Å². The van der Waals surface area contributed by atoms with Crippen molar-refractivity contribution in [3.8, 4) is 0 Å². The predicted molar refractivity (Wildman–Crippen MR) is 76.0 cm³/mol. The molecule has 1 fully saturated rings. The zero-order valence-electron chi connectivity index (χ0n) is 11.2. The van der Waals surface area contributed by atoms with Gasteiger partial charge in [0.1, 0.15) is 4.21 Å². The van der Waals surface area contributed by atoms with E-state index >= 15 is 0 Å². The summed E-state index contributed by atoms with van der Waals surface area (Å²) >= 11 is 1.32. The highest BCUT2D eigenvalue weighted by atomic mass is 32.2. The van der Waals surface area contributed by atoms with Crippen molar-refractivity contribution in [3.63, 3.8) is 0 Å². The highest BCUT2D eigenvalue weighted by Crippen LogP contribution is 2.26. The average Bonchev–Trinajstić information content (AvgIpc) is 2.98. The number of ether oxygens (including phenoxy) is 1. The van der Waals surface area contributed by atoms with Crippen LogP contribution in [0.15, 0.2) is 10.3 Å². The van der Waals surface area contributed by atoms with E-state index in [0.717, 1.165) is 29.9 Å². The second-order valence-electron chi connectivity index (χ2n) is 4.69. The molecule has 1 aromatic heterocycles. The molecule has 1 aliphatic rings. The lowest BCUT2D eigenvalue weighted by atomic mass is 10.2. The van der Waals surface area contributed by atoms with Gasteiger partial charge in [0.15, 0.2) is 0 Å². The molecule has 19 heavy (non-hydrogen) atoms. The summed E-state index contributed by atoms with van der Waals surface area (Å²) in [5, 5.41) is 3.04. The molecule has 0 radical (unpaired) electrons. The zero-order chi connectivity index (χ0) is 13.9. The number of hydrogen-bond acceptors (Lipinski definition) is 5. The molecule has 5 nitrogen and oxygen atoms in total. The number of nitrogens with one attached hydrogen (secondary N) is 2. The topological polar surface area (TPSA) is 67.4 Å². The molecule has 1 saturated heterocycles. The number of hydrogen-bond donors (Lipinski definition) is 2. The maximum absolute atomic E-state index is 12.2. The Morgan fingerprint density at radius 1 is 1.53 bits per heavy atom. The Hall–Kier alpha value is -0.470. The van der Waals surface area contributed by atoms with Crippen LogP contribution in [0, 0.1) is 6.92 Å². The third kappa shape index (κ3) is 3.76. The van der Waals surface area contributed by atoms with Gasteiger partial charge < -0.3 is 10.1 Å². The number of aryl methyl sites for hydroxylation is 1. The third-order valence-electron chi connectivity index (χ3n) is 3.13. The van der Waals surface area contributed by atoms with Gasteiger partial charge in [-0.1, -0.05) is 0 Å². The van der Waals surface area contributed by atoms with E-state index < -0.39 is 10.0 Å². The molecule has 7 heteroatoms. The van der Waals surface area contributed by atoms with Crippen molar-refractivity contribution in [2.24, 2.45) is 0 Å². The minimum Gasteiger partial charge on any atom is -0.377 e. The smallest absolute Gasteiger partial charge is 0.250 e. The molecule has 2 rings (SSSR count). The Balaban J connectivity index is 2.03. The van der Waals surface area contributed by atoms with Crippen molar-refractivity contribution in [1.29, 1.82) is 0 Å². The number of thiophene rings is 1. The summed E-state index contributed by atoms with van der Waals surface area (Å²) in [6, 6.07) is 1.73. The lowest BCUT2D eigenvalue weighted by molar-refractivity contribution is 0.114. The van der Waals surface area contributed by atoms with Gasteiger partial charge in [-0.2, -0.15) is 0 Å². The van der Waals surface area contributed by atoms with Gasteiger partial charge in [0.25, 0.3) is 0 Å². The van der Waals surface area contributed by atoms with Crippen LogP contribution in [0.25, 0.3) is 0 Å². The Bertz CT molecular complexity index is 519. The molecule has 0 aromatic carbocycles. The first-order chi connectivity index (χ1) is 9.03. The summed E-state index contributed by atoms with van der Waals surface area (Å²) in [5.41, 5.74) is 1.01. The quantitative estimate of drug-likeness (QED) is 0.829. The lowest BCUT2D eigenvalue weighted by Gasteiger charge is -2.10. The van der Waals surface area contributed by atoms with Gasteiger partial charge in [-0.15, -0.1) is 11.3 Å². The summed E-state index contributed by atoms with van der Waals surface area (Å²) in [6.07, 6.45) is 1.96. The van der Waals surface area contributed by atoms with Crippen molar-refractivity contribution in [2.45, 2.75) is 36.6 Å². The highest BCUT2D eigenvalue weighted by Gasteiger charge is 2.22. The molecule has 0 aliphatic carbocycles. The van der Waals surface area contributed by atoms with Gasteiger partial charge in [0.05, 0.1) is 6.10 Å². The van der Waals surface area contributed by atoms with Crippen LogP contribution in [-0.2, 0) is 21.3 Å². The maximum Gasteiger partial charge on any atom is 0.250 e. The molecule has 2 heterocycles. The van der Waals surface area contributed by atoms with E-state index in [9.17, 15) is 8.42 Å². The summed E-state index contributed by atoms with van der Waals surface area (Å²) < 4.78 is 32.8. The summed E-state index contributed by atoms with van der Waals surface area (Å²) in [6.45, 7) is 3.72. The van der Waals surface area contributed by atoms with Crippen LogP contribution in [-0.4, -0.2) is 34.7 Å². The fourth-order valence-corrected chi connectivity index (χ4v) is 4.75. The highest BCUT2D eigenvalue weighted by molar-refractivity contribution is 7.91. The van der Waals surface area contributed by atoms with E-state index in [1.165, 1.54) is 11.3 Å². The SMILES string of the molecule is CNCc1sc(S(=O)(=O)NCC2CCCO2)cc1C.